The van der Waals surface area contributed by atoms with Crippen molar-refractivity contribution in [3.8, 4) is 0 Å². The summed E-state index contributed by atoms with van der Waals surface area (Å²) in [6, 6.07) is 0. The molecule has 0 aliphatic rings. The first kappa shape index (κ1) is 14.5. The van der Waals surface area contributed by atoms with E-state index in [0.717, 1.165) is 12.0 Å². The van der Waals surface area contributed by atoms with Gasteiger partial charge in [0.25, 0.3) is 0 Å². The summed E-state index contributed by atoms with van der Waals surface area (Å²) >= 11 is 0. The number of hydrogen-bond donors (Lipinski definition) is 0. The van der Waals surface area contributed by atoms with Crippen LogP contribution < -0.4 is 0 Å². The highest BCUT2D eigenvalue weighted by Crippen LogP contribution is 2.03. The second kappa shape index (κ2) is 11.0. The van der Waals surface area contributed by atoms with E-state index in [4.69, 9.17) is 0 Å². The van der Waals surface area contributed by atoms with Crippen molar-refractivity contribution in [2.45, 2.75) is 34.1 Å². The van der Waals surface area contributed by atoms with Crippen LogP contribution in [-0.4, -0.2) is 0 Å². The fraction of sp³-hybridized carbons (Fsp3) is 0.385. The minimum atomic E-state index is 1.10. The topological polar surface area (TPSA) is 0 Å². The van der Waals surface area contributed by atoms with Crippen LogP contribution in [0.1, 0.15) is 34.1 Å². The Hall–Kier alpha value is -1.04. The Morgan fingerprint density at radius 2 is 1.85 bits per heavy atom. The molecule has 0 bridgehead atoms. The third kappa shape index (κ3) is 13.9. The second-order valence-electron chi connectivity index (χ2n) is 2.84. The minimum absolute atomic E-state index is 1.10. The van der Waals surface area contributed by atoms with E-state index in [9.17, 15) is 0 Å². The van der Waals surface area contributed by atoms with Crippen LogP contribution in [0, 0.1) is 0 Å². The van der Waals surface area contributed by atoms with E-state index in [1.165, 1.54) is 5.57 Å². The molecule has 74 valence electrons. The number of hydrogen-bond acceptors (Lipinski definition) is 0. The maximum absolute atomic E-state index is 3.76. The lowest BCUT2D eigenvalue weighted by molar-refractivity contribution is 1.22. The summed E-state index contributed by atoms with van der Waals surface area (Å²) in [5.74, 6) is 0. The Balaban J connectivity index is 0. The molecule has 0 aliphatic carbocycles. The Morgan fingerprint density at radius 1 is 1.31 bits per heavy atom. The fourth-order valence-electron chi connectivity index (χ4n) is 0.555. The van der Waals surface area contributed by atoms with Crippen molar-refractivity contribution < 1.29 is 0 Å². The predicted octanol–water partition coefficient (Wildman–Crippen LogP) is 4.67. The first-order valence-corrected chi connectivity index (χ1v) is 4.66. The van der Waals surface area contributed by atoms with E-state index in [1.807, 2.05) is 26.8 Å². The maximum atomic E-state index is 3.76. The molecule has 0 unspecified atom stereocenters. The maximum Gasteiger partial charge on any atom is -0.0379 e. The first-order chi connectivity index (χ1) is 6.09. The van der Waals surface area contributed by atoms with Crippen molar-refractivity contribution in [1.82, 2.24) is 0 Å². The molecular weight excluding hydrogens is 156 g/mol. The van der Waals surface area contributed by atoms with Gasteiger partial charge in [-0.3, -0.25) is 0 Å². The van der Waals surface area contributed by atoms with Gasteiger partial charge in [0.1, 0.15) is 0 Å². The molecule has 0 heteroatoms. The van der Waals surface area contributed by atoms with Gasteiger partial charge in [-0.05, 0) is 32.8 Å². The molecule has 0 spiro atoms. The first-order valence-electron chi connectivity index (χ1n) is 4.66. The van der Waals surface area contributed by atoms with Crippen molar-refractivity contribution in [2.75, 3.05) is 0 Å². The van der Waals surface area contributed by atoms with Crippen molar-refractivity contribution in [2.24, 2.45) is 0 Å². The van der Waals surface area contributed by atoms with Crippen LogP contribution >= 0.6 is 0 Å². The van der Waals surface area contributed by atoms with Gasteiger partial charge in [0.05, 0.1) is 0 Å². The van der Waals surface area contributed by atoms with Crippen LogP contribution in [0.2, 0.25) is 0 Å². The molecule has 0 nitrogen and oxygen atoms in total. The molecule has 0 radical (unpaired) electrons. The SMILES string of the molecule is C/C=C\CC.C=C/C=C(/C)C(=C)C. The highest BCUT2D eigenvalue weighted by molar-refractivity contribution is 5.26. The van der Waals surface area contributed by atoms with Crippen LogP contribution in [0.4, 0.5) is 0 Å². The normalized spacial score (nSPS) is 10.6. The van der Waals surface area contributed by atoms with E-state index in [2.05, 4.69) is 32.2 Å². The number of rotatable bonds is 3. The summed E-state index contributed by atoms with van der Waals surface area (Å²) < 4.78 is 0. The van der Waals surface area contributed by atoms with Crippen LogP contribution in [-0.2, 0) is 0 Å². The molecule has 0 amide bonds. The molecule has 0 N–H and O–H groups in total. The lowest BCUT2D eigenvalue weighted by Crippen LogP contribution is -1.72. The van der Waals surface area contributed by atoms with Gasteiger partial charge in [0.2, 0.25) is 0 Å². The zero-order valence-corrected chi connectivity index (χ0v) is 9.43. The van der Waals surface area contributed by atoms with E-state index in [-0.39, 0.29) is 0 Å². The molecule has 0 aliphatic heterocycles. The fourth-order valence-corrected chi connectivity index (χ4v) is 0.555. The van der Waals surface area contributed by atoms with Crippen LogP contribution in [0.5, 0.6) is 0 Å². The molecular formula is C13H22. The van der Waals surface area contributed by atoms with Crippen LogP contribution in [0.3, 0.4) is 0 Å². The summed E-state index contributed by atoms with van der Waals surface area (Å²) in [5, 5.41) is 0. The highest BCUT2D eigenvalue weighted by Gasteiger charge is 1.82. The minimum Gasteiger partial charge on any atom is -0.0991 e. The van der Waals surface area contributed by atoms with E-state index in [0.29, 0.717) is 0 Å². The van der Waals surface area contributed by atoms with Gasteiger partial charge in [-0.25, -0.2) is 0 Å². The molecule has 0 rings (SSSR count). The quantitative estimate of drug-likeness (QED) is 0.435. The third-order valence-corrected chi connectivity index (χ3v) is 1.51. The lowest BCUT2D eigenvalue weighted by atomic mass is 10.1. The number of allylic oxidation sites excluding steroid dienone is 6. The van der Waals surface area contributed by atoms with Crippen LogP contribution in [0.25, 0.3) is 0 Å². The summed E-state index contributed by atoms with van der Waals surface area (Å²) in [6.07, 6.45) is 9.06. The summed E-state index contributed by atoms with van der Waals surface area (Å²) in [5.41, 5.74) is 2.30. The Bertz CT molecular complexity index is 192. The Kier molecular flexibility index (Phi) is 12.2. The molecule has 0 aromatic carbocycles. The standard InChI is InChI=1S/C8H12.C5H10/c1-5-6-8(4)7(2)3;1-3-5-4-2/h5-6H,1-2H2,3-4H3;3,5H,4H2,1-2H3/b8-6-;5-3-. The van der Waals surface area contributed by atoms with Crippen molar-refractivity contribution >= 4 is 0 Å². The third-order valence-electron chi connectivity index (χ3n) is 1.51. The average Bonchev–Trinajstić information content (AvgIpc) is 2.07. The van der Waals surface area contributed by atoms with Gasteiger partial charge in [-0.15, -0.1) is 0 Å². The highest BCUT2D eigenvalue weighted by atomic mass is 13.9. The van der Waals surface area contributed by atoms with Gasteiger partial charge < -0.3 is 0 Å². The van der Waals surface area contributed by atoms with Gasteiger partial charge in [-0.2, -0.15) is 0 Å². The molecule has 0 heterocycles. The average molecular weight is 178 g/mol. The van der Waals surface area contributed by atoms with Crippen LogP contribution in [0.15, 0.2) is 48.6 Å². The van der Waals surface area contributed by atoms with E-state index >= 15 is 0 Å². The van der Waals surface area contributed by atoms with Crippen molar-refractivity contribution in [1.29, 1.82) is 0 Å². The summed E-state index contributed by atoms with van der Waals surface area (Å²) in [7, 11) is 0. The molecule has 13 heavy (non-hydrogen) atoms. The van der Waals surface area contributed by atoms with E-state index < -0.39 is 0 Å². The zero-order chi connectivity index (χ0) is 10.7. The Morgan fingerprint density at radius 3 is 1.92 bits per heavy atom. The van der Waals surface area contributed by atoms with Gasteiger partial charge >= 0.3 is 0 Å². The smallest absolute Gasteiger partial charge is 0.0379 e. The molecule has 0 saturated carbocycles. The molecule has 0 saturated heterocycles. The van der Waals surface area contributed by atoms with Gasteiger partial charge in [0, 0.05) is 0 Å². The lowest BCUT2D eigenvalue weighted by Gasteiger charge is -1.92. The van der Waals surface area contributed by atoms with Crippen molar-refractivity contribution in [3.05, 3.63) is 48.6 Å². The molecule has 0 aromatic heterocycles. The predicted molar refractivity (Wildman–Crippen MR) is 63.9 cm³/mol. The zero-order valence-electron chi connectivity index (χ0n) is 9.43. The Labute approximate surface area is 83.4 Å². The summed E-state index contributed by atoms with van der Waals surface area (Å²) in [4.78, 5) is 0. The summed E-state index contributed by atoms with van der Waals surface area (Å²) in [6.45, 7) is 15.5. The van der Waals surface area contributed by atoms with E-state index in [1.54, 1.807) is 6.08 Å². The monoisotopic (exact) mass is 178 g/mol. The molecule has 0 atom stereocenters. The van der Waals surface area contributed by atoms with Crippen molar-refractivity contribution in [3.63, 3.8) is 0 Å². The second-order valence-corrected chi connectivity index (χ2v) is 2.84. The van der Waals surface area contributed by atoms with Gasteiger partial charge in [0.15, 0.2) is 0 Å². The molecule has 0 fully saturated rings. The molecule has 0 aromatic rings. The van der Waals surface area contributed by atoms with Gasteiger partial charge in [-0.1, -0.05) is 50.0 Å². The largest absolute Gasteiger partial charge is 0.0991 e.